The van der Waals surface area contributed by atoms with Gasteiger partial charge in [0.15, 0.2) is 10.9 Å². The van der Waals surface area contributed by atoms with Crippen LogP contribution in [0.5, 0.6) is 0 Å². The summed E-state index contributed by atoms with van der Waals surface area (Å²) < 4.78 is 2.15. The molecular formula is C31H38Cl2N6O2. The lowest BCUT2D eigenvalue weighted by atomic mass is 9.86. The van der Waals surface area contributed by atoms with Crippen molar-refractivity contribution in [3.63, 3.8) is 0 Å². The molecule has 8 nitrogen and oxygen atoms in total. The largest absolute Gasteiger partial charge is 0.338 e. The molecule has 0 spiro atoms. The van der Waals surface area contributed by atoms with E-state index in [9.17, 15) is 9.59 Å². The standard InChI is InChI=1S/C31H38Cl2N6O2/c1-5-28(41)38-15-18(16-38)12-26(40)29-30(33)34-27(39(29)20-10-11-37(17-20)19-6-7-19)9-8-24-21-13-22(31(2,3)4)23(32)14-25(21)36-35-24/h5,13-14,18-20H,1,6-12,15-17H2,2-4H3,(H,35,36)/t20-/m1/s1. The predicted molar refractivity (Wildman–Crippen MR) is 162 cm³/mol. The quantitative estimate of drug-likeness (QED) is 0.250. The van der Waals surface area contributed by atoms with Crippen LogP contribution in [0, 0.1) is 5.92 Å². The Labute approximate surface area is 251 Å². The third-order valence-corrected chi connectivity index (χ3v) is 9.45. The molecule has 0 radical (unpaired) electrons. The molecule has 10 heteroatoms. The van der Waals surface area contributed by atoms with Crippen molar-refractivity contribution in [2.45, 2.75) is 76.8 Å². The number of aromatic nitrogens is 4. The minimum atomic E-state index is -0.0921. The maximum Gasteiger partial charge on any atom is 0.245 e. The summed E-state index contributed by atoms with van der Waals surface area (Å²) in [5.41, 5.74) is 3.38. The minimum absolute atomic E-state index is 0.00535. The first-order chi connectivity index (χ1) is 19.5. The number of rotatable bonds is 9. The van der Waals surface area contributed by atoms with Crippen molar-refractivity contribution < 1.29 is 9.59 Å². The Morgan fingerprint density at radius 2 is 1.85 bits per heavy atom. The summed E-state index contributed by atoms with van der Waals surface area (Å²) in [7, 11) is 0. The first-order valence-corrected chi connectivity index (χ1v) is 15.4. The smallest absolute Gasteiger partial charge is 0.245 e. The molecule has 1 aliphatic carbocycles. The van der Waals surface area contributed by atoms with Crippen LogP contribution in [0.1, 0.15) is 80.1 Å². The molecule has 0 bridgehead atoms. The fourth-order valence-electron chi connectivity index (χ4n) is 6.47. The number of aromatic amines is 1. The van der Waals surface area contributed by atoms with Gasteiger partial charge in [-0.3, -0.25) is 19.6 Å². The second-order valence-electron chi connectivity index (χ2n) is 12.9. The fourth-order valence-corrected chi connectivity index (χ4v) is 7.21. The van der Waals surface area contributed by atoms with Gasteiger partial charge in [0.05, 0.1) is 5.52 Å². The van der Waals surface area contributed by atoms with Crippen LogP contribution in [0.2, 0.25) is 10.2 Å². The summed E-state index contributed by atoms with van der Waals surface area (Å²) in [6.45, 7) is 13.1. The number of likely N-dealkylation sites (tertiary alicyclic amines) is 2. The van der Waals surface area contributed by atoms with E-state index in [2.05, 4.69) is 53.1 Å². The number of halogens is 2. The van der Waals surface area contributed by atoms with Crippen LogP contribution in [-0.4, -0.2) is 73.5 Å². The van der Waals surface area contributed by atoms with Crippen LogP contribution in [0.25, 0.3) is 10.9 Å². The van der Waals surface area contributed by atoms with Crippen LogP contribution >= 0.6 is 23.2 Å². The van der Waals surface area contributed by atoms with E-state index in [1.54, 1.807) is 4.90 Å². The maximum atomic E-state index is 13.7. The van der Waals surface area contributed by atoms with E-state index >= 15 is 0 Å². The van der Waals surface area contributed by atoms with Crippen molar-refractivity contribution in [1.29, 1.82) is 0 Å². The third kappa shape index (κ3) is 5.58. The van der Waals surface area contributed by atoms with Crippen LogP contribution in [0.3, 0.4) is 0 Å². The van der Waals surface area contributed by atoms with Gasteiger partial charge in [0.1, 0.15) is 11.5 Å². The minimum Gasteiger partial charge on any atom is -0.338 e. The normalized spacial score (nSPS) is 20.1. The highest BCUT2D eigenvalue weighted by Gasteiger charge is 2.39. The van der Waals surface area contributed by atoms with Crippen LogP contribution in [0.4, 0.5) is 0 Å². The molecule has 2 saturated heterocycles. The van der Waals surface area contributed by atoms with E-state index in [0.29, 0.717) is 44.1 Å². The first-order valence-electron chi connectivity index (χ1n) is 14.7. The molecule has 2 aromatic heterocycles. The zero-order chi connectivity index (χ0) is 29.1. The van der Waals surface area contributed by atoms with Gasteiger partial charge in [0.25, 0.3) is 0 Å². The van der Waals surface area contributed by atoms with Gasteiger partial charge in [-0.25, -0.2) is 4.98 Å². The van der Waals surface area contributed by atoms with Crippen molar-refractivity contribution in [3.05, 3.63) is 57.7 Å². The number of imidazole rings is 1. The number of amides is 1. The number of aryl methyl sites for hydroxylation is 2. The Morgan fingerprint density at radius 1 is 1.10 bits per heavy atom. The van der Waals surface area contributed by atoms with Gasteiger partial charge in [-0.05, 0) is 54.9 Å². The zero-order valence-electron chi connectivity index (χ0n) is 24.1. The molecule has 218 valence electrons. The van der Waals surface area contributed by atoms with E-state index in [1.807, 2.05) is 6.07 Å². The number of nitrogens with one attached hydrogen (secondary N) is 1. The highest BCUT2D eigenvalue weighted by molar-refractivity contribution is 6.32. The molecular weight excluding hydrogens is 559 g/mol. The van der Waals surface area contributed by atoms with Gasteiger partial charge in [0, 0.05) is 73.1 Å². The van der Waals surface area contributed by atoms with E-state index in [1.165, 1.54) is 18.9 Å². The van der Waals surface area contributed by atoms with Crippen LogP contribution < -0.4 is 0 Å². The lowest BCUT2D eigenvalue weighted by molar-refractivity contribution is -0.132. The number of ketones is 1. The highest BCUT2D eigenvalue weighted by atomic mass is 35.5. The van der Waals surface area contributed by atoms with Crippen molar-refractivity contribution in [2.24, 2.45) is 5.92 Å². The molecule has 3 aliphatic rings. The van der Waals surface area contributed by atoms with Gasteiger partial charge in [0.2, 0.25) is 5.91 Å². The number of hydrogen-bond donors (Lipinski definition) is 1. The Hall–Kier alpha value is -2.68. The summed E-state index contributed by atoms with van der Waals surface area (Å²) in [5, 5.41) is 9.80. The maximum absolute atomic E-state index is 13.7. The zero-order valence-corrected chi connectivity index (χ0v) is 25.6. The number of fused-ring (bicyclic) bond motifs is 1. The van der Waals surface area contributed by atoms with Crippen LogP contribution in [0.15, 0.2) is 24.8 Å². The van der Waals surface area contributed by atoms with Crippen LogP contribution in [-0.2, 0) is 23.1 Å². The number of Topliss-reactive ketones (excluding diaryl/α,β-unsaturated/α-hetero) is 1. The third-order valence-electron chi connectivity index (χ3n) is 8.87. The van der Waals surface area contributed by atoms with Gasteiger partial charge in [-0.1, -0.05) is 50.6 Å². The van der Waals surface area contributed by atoms with E-state index in [0.717, 1.165) is 52.5 Å². The van der Waals surface area contributed by atoms with E-state index < -0.39 is 0 Å². The SMILES string of the molecule is C=CC(=O)N1CC(CC(=O)c2c(Cl)nc(CCc3[nH]nc4cc(Cl)c(C(C)(C)C)cc34)n2[C@@H]2CCN(C3CC3)C2)C1. The van der Waals surface area contributed by atoms with E-state index in [4.69, 9.17) is 28.2 Å². The topological polar surface area (TPSA) is 87.1 Å². The van der Waals surface area contributed by atoms with E-state index in [-0.39, 0.29) is 34.2 Å². The molecule has 1 N–H and O–H groups in total. The second kappa shape index (κ2) is 10.9. The van der Waals surface area contributed by atoms with Crippen molar-refractivity contribution in [3.8, 4) is 0 Å². The van der Waals surface area contributed by atoms with Crippen molar-refractivity contribution in [2.75, 3.05) is 26.2 Å². The lowest BCUT2D eigenvalue weighted by Gasteiger charge is -2.38. The monoisotopic (exact) mass is 596 g/mol. The summed E-state index contributed by atoms with van der Waals surface area (Å²) in [4.78, 5) is 34.6. The Morgan fingerprint density at radius 3 is 2.54 bits per heavy atom. The first kappa shape index (κ1) is 28.4. The Bertz CT molecular complexity index is 1510. The number of nitrogens with zero attached hydrogens (tertiary/aromatic N) is 5. The molecule has 4 heterocycles. The summed E-state index contributed by atoms with van der Waals surface area (Å²) in [5.74, 6) is 0.881. The van der Waals surface area contributed by atoms with Gasteiger partial charge < -0.3 is 9.47 Å². The number of benzene rings is 1. The number of hydrogen-bond acceptors (Lipinski definition) is 5. The molecule has 1 aromatic carbocycles. The molecule has 3 fully saturated rings. The molecule has 2 aliphatic heterocycles. The molecule has 3 aromatic rings. The summed E-state index contributed by atoms with van der Waals surface area (Å²) in [6, 6.07) is 4.91. The van der Waals surface area contributed by atoms with Crippen molar-refractivity contribution in [1.82, 2.24) is 29.5 Å². The number of carbonyl (C=O) groups is 2. The Kier molecular flexibility index (Phi) is 7.54. The molecule has 1 atom stereocenters. The predicted octanol–water partition coefficient (Wildman–Crippen LogP) is 5.78. The number of H-pyrrole nitrogens is 1. The van der Waals surface area contributed by atoms with Crippen molar-refractivity contribution >= 4 is 45.8 Å². The fraction of sp³-hybridized carbons (Fsp3) is 0.548. The average Bonchev–Trinajstić information content (AvgIpc) is 3.35. The van der Waals surface area contributed by atoms with Gasteiger partial charge >= 0.3 is 0 Å². The summed E-state index contributed by atoms with van der Waals surface area (Å²) in [6.07, 6.45) is 6.47. The molecule has 41 heavy (non-hydrogen) atoms. The highest BCUT2D eigenvalue weighted by Crippen LogP contribution is 2.37. The number of carbonyl (C=O) groups excluding carboxylic acids is 2. The molecule has 6 rings (SSSR count). The Balaban J connectivity index is 1.26. The van der Waals surface area contributed by atoms with Gasteiger partial charge in [-0.15, -0.1) is 0 Å². The molecule has 1 amide bonds. The van der Waals surface area contributed by atoms with Gasteiger partial charge in [-0.2, -0.15) is 5.10 Å². The lowest BCUT2D eigenvalue weighted by Crippen LogP contribution is -2.50. The summed E-state index contributed by atoms with van der Waals surface area (Å²) >= 11 is 13.3. The molecule has 0 unspecified atom stereocenters. The average molecular weight is 598 g/mol. The second-order valence-corrected chi connectivity index (χ2v) is 13.7. The molecule has 1 saturated carbocycles.